The minimum Gasteiger partial charge on any atom is -0.324 e. The Morgan fingerprint density at radius 2 is 1.87 bits per heavy atom. The van der Waals surface area contributed by atoms with Gasteiger partial charge in [0.05, 0.1) is 6.29 Å². The number of benzene rings is 1. The van der Waals surface area contributed by atoms with E-state index in [1.807, 2.05) is 30.3 Å². The van der Waals surface area contributed by atoms with E-state index in [9.17, 15) is 4.57 Å². The molecule has 0 radical (unpaired) electrons. The quantitative estimate of drug-likeness (QED) is 0.508. The molecule has 0 unspecified atom stereocenters. The van der Waals surface area contributed by atoms with Gasteiger partial charge in [0.1, 0.15) is 0 Å². The van der Waals surface area contributed by atoms with Crippen LogP contribution in [0.4, 0.5) is 0 Å². The Labute approximate surface area is 89.5 Å². The van der Waals surface area contributed by atoms with Crippen molar-refractivity contribution >= 4 is 7.60 Å². The third-order valence-corrected chi connectivity index (χ3v) is 2.62. The van der Waals surface area contributed by atoms with E-state index < -0.39 is 7.60 Å². The molecule has 0 spiro atoms. The van der Waals surface area contributed by atoms with E-state index in [-0.39, 0.29) is 6.29 Å². The molecular weight excluding hydrogens is 213 g/mol. The fourth-order valence-electron chi connectivity index (χ4n) is 1.29. The monoisotopic (exact) mass is 229 g/mol. The van der Waals surface area contributed by atoms with Crippen molar-refractivity contribution in [1.29, 1.82) is 0 Å². The van der Waals surface area contributed by atoms with Crippen molar-refractivity contribution in [3.63, 3.8) is 0 Å². The van der Waals surface area contributed by atoms with Gasteiger partial charge in [0.15, 0.2) is 0 Å². The van der Waals surface area contributed by atoms with E-state index in [1.54, 1.807) is 0 Å². The lowest BCUT2D eigenvalue weighted by Gasteiger charge is -2.05. The topological polar surface area (TPSA) is 69.6 Å². The van der Waals surface area contributed by atoms with Gasteiger partial charge in [0.2, 0.25) is 0 Å². The molecule has 0 heterocycles. The summed E-state index contributed by atoms with van der Waals surface area (Å²) in [6, 6.07) is 10.0. The van der Waals surface area contributed by atoms with Crippen LogP contribution in [0.15, 0.2) is 30.3 Å². The van der Waals surface area contributed by atoms with Crippen LogP contribution in [0.3, 0.4) is 0 Å². The number of hydrogen-bond acceptors (Lipinski definition) is 2. The van der Waals surface area contributed by atoms with Gasteiger partial charge in [-0.05, 0) is 24.9 Å². The molecule has 0 aliphatic rings. The number of nitrogens with one attached hydrogen (secondary N) is 1. The van der Waals surface area contributed by atoms with Crippen LogP contribution in [-0.2, 0) is 11.0 Å². The van der Waals surface area contributed by atoms with Crippen molar-refractivity contribution < 1.29 is 14.4 Å². The van der Waals surface area contributed by atoms with Crippen LogP contribution in [0.5, 0.6) is 0 Å². The molecule has 1 rings (SSSR count). The van der Waals surface area contributed by atoms with E-state index in [4.69, 9.17) is 9.79 Å². The van der Waals surface area contributed by atoms with Gasteiger partial charge in [-0.15, -0.1) is 0 Å². The fourth-order valence-corrected chi connectivity index (χ4v) is 1.74. The summed E-state index contributed by atoms with van der Waals surface area (Å²) < 4.78 is 10.5. The first-order chi connectivity index (χ1) is 7.08. The predicted octanol–water partition coefficient (Wildman–Crippen LogP) is 1.34. The van der Waals surface area contributed by atoms with E-state index in [0.717, 1.165) is 12.8 Å². The first-order valence-electron chi connectivity index (χ1n) is 4.87. The zero-order chi connectivity index (χ0) is 11.1. The lowest BCUT2D eigenvalue weighted by molar-refractivity contribution is 0.368. The van der Waals surface area contributed by atoms with E-state index in [2.05, 4.69) is 5.32 Å². The maximum Gasteiger partial charge on any atom is 0.339 e. The number of aryl methyl sites for hydroxylation is 1. The van der Waals surface area contributed by atoms with E-state index in [0.29, 0.717) is 6.54 Å². The molecule has 0 aromatic heterocycles. The highest BCUT2D eigenvalue weighted by Gasteiger charge is 2.10. The Morgan fingerprint density at radius 1 is 1.20 bits per heavy atom. The van der Waals surface area contributed by atoms with Crippen LogP contribution < -0.4 is 5.32 Å². The summed E-state index contributed by atoms with van der Waals surface area (Å²) in [5.74, 6) is 0. The maximum absolute atomic E-state index is 10.5. The molecule has 0 bridgehead atoms. The van der Waals surface area contributed by atoms with Crippen LogP contribution in [0.25, 0.3) is 0 Å². The average molecular weight is 229 g/mol. The van der Waals surface area contributed by atoms with Crippen molar-refractivity contribution in [2.24, 2.45) is 0 Å². The van der Waals surface area contributed by atoms with E-state index in [1.165, 1.54) is 5.56 Å². The molecule has 0 saturated heterocycles. The van der Waals surface area contributed by atoms with Crippen LogP contribution in [0, 0.1) is 0 Å². The molecule has 0 fully saturated rings. The van der Waals surface area contributed by atoms with Gasteiger partial charge < -0.3 is 15.1 Å². The minimum absolute atomic E-state index is 0.234. The molecular formula is C10H16NO3P. The Kier molecular flexibility index (Phi) is 4.99. The van der Waals surface area contributed by atoms with Gasteiger partial charge in [-0.2, -0.15) is 0 Å². The molecule has 84 valence electrons. The van der Waals surface area contributed by atoms with Crippen molar-refractivity contribution in [1.82, 2.24) is 5.32 Å². The standard InChI is InChI=1S/C10H16NO3P/c12-15(13,14)9-11-8-4-7-10-5-2-1-3-6-10/h1-3,5-6,11H,4,7-9H2,(H2,12,13,14). The highest BCUT2D eigenvalue weighted by Crippen LogP contribution is 2.31. The summed E-state index contributed by atoms with van der Waals surface area (Å²) in [4.78, 5) is 17.2. The first-order valence-corrected chi connectivity index (χ1v) is 6.67. The second-order valence-corrected chi connectivity index (χ2v) is 5.06. The number of hydrogen-bond donors (Lipinski definition) is 3. The third-order valence-electron chi connectivity index (χ3n) is 1.98. The fraction of sp³-hybridized carbons (Fsp3) is 0.400. The summed E-state index contributed by atoms with van der Waals surface area (Å²) in [6.45, 7) is 0.625. The van der Waals surface area contributed by atoms with Gasteiger partial charge >= 0.3 is 7.60 Å². The summed E-state index contributed by atoms with van der Waals surface area (Å²) in [6.07, 6.45) is 1.57. The van der Waals surface area contributed by atoms with Crippen LogP contribution >= 0.6 is 7.60 Å². The van der Waals surface area contributed by atoms with Crippen molar-refractivity contribution in [2.75, 3.05) is 12.8 Å². The molecule has 1 aromatic rings. The Balaban J connectivity index is 2.10. The average Bonchev–Trinajstić information content (AvgIpc) is 2.17. The molecule has 0 amide bonds. The predicted molar refractivity (Wildman–Crippen MR) is 59.7 cm³/mol. The van der Waals surface area contributed by atoms with Crippen molar-refractivity contribution in [3.05, 3.63) is 35.9 Å². The van der Waals surface area contributed by atoms with Gasteiger partial charge in [-0.25, -0.2) is 0 Å². The number of rotatable bonds is 6. The van der Waals surface area contributed by atoms with Crippen LogP contribution in [-0.4, -0.2) is 22.6 Å². The highest BCUT2D eigenvalue weighted by atomic mass is 31.2. The summed E-state index contributed by atoms with van der Waals surface area (Å²) in [5.41, 5.74) is 1.25. The van der Waals surface area contributed by atoms with E-state index >= 15 is 0 Å². The SMILES string of the molecule is O=P(O)(O)CNCCCc1ccccc1. The van der Waals surface area contributed by atoms with Gasteiger partial charge in [-0.1, -0.05) is 30.3 Å². The lowest BCUT2D eigenvalue weighted by Crippen LogP contribution is -2.17. The molecule has 1 aromatic carbocycles. The van der Waals surface area contributed by atoms with Crippen molar-refractivity contribution in [2.45, 2.75) is 12.8 Å². The van der Waals surface area contributed by atoms with Crippen molar-refractivity contribution in [3.8, 4) is 0 Å². The van der Waals surface area contributed by atoms with Crippen LogP contribution in [0.1, 0.15) is 12.0 Å². The molecule has 15 heavy (non-hydrogen) atoms. The summed E-state index contributed by atoms with van der Waals surface area (Å²) >= 11 is 0. The molecule has 4 nitrogen and oxygen atoms in total. The van der Waals surface area contributed by atoms with Crippen LogP contribution in [0.2, 0.25) is 0 Å². The Bertz CT molecular complexity index is 323. The summed E-state index contributed by atoms with van der Waals surface area (Å²) in [7, 11) is -3.89. The molecule has 0 aliphatic heterocycles. The maximum atomic E-state index is 10.5. The van der Waals surface area contributed by atoms with Gasteiger partial charge in [0, 0.05) is 0 Å². The zero-order valence-corrected chi connectivity index (χ0v) is 9.36. The summed E-state index contributed by atoms with van der Waals surface area (Å²) in [5, 5.41) is 2.73. The Morgan fingerprint density at radius 3 is 2.47 bits per heavy atom. The third kappa shape index (κ3) is 6.42. The highest BCUT2D eigenvalue weighted by molar-refractivity contribution is 7.51. The molecule has 3 N–H and O–H groups in total. The smallest absolute Gasteiger partial charge is 0.324 e. The second-order valence-electron chi connectivity index (χ2n) is 3.41. The Hall–Kier alpha value is -0.670. The second kappa shape index (κ2) is 6.03. The van der Waals surface area contributed by atoms with Gasteiger partial charge in [0.25, 0.3) is 0 Å². The zero-order valence-electron chi connectivity index (χ0n) is 8.47. The lowest BCUT2D eigenvalue weighted by atomic mass is 10.1. The molecule has 0 atom stereocenters. The first kappa shape index (κ1) is 12.4. The minimum atomic E-state index is -3.89. The van der Waals surface area contributed by atoms with Gasteiger partial charge in [-0.3, -0.25) is 4.57 Å². The normalized spacial score (nSPS) is 11.6. The largest absolute Gasteiger partial charge is 0.339 e. The molecule has 5 heteroatoms. The molecule has 0 saturated carbocycles. The molecule has 0 aliphatic carbocycles.